The second-order valence-corrected chi connectivity index (χ2v) is 8.32. The Bertz CT molecular complexity index is 1040. The van der Waals surface area contributed by atoms with E-state index in [0.717, 1.165) is 29.2 Å². The average molecular weight is 395 g/mol. The molecule has 2 atom stereocenters. The lowest BCUT2D eigenvalue weighted by Crippen LogP contribution is -2.30. The minimum atomic E-state index is -0.276. The summed E-state index contributed by atoms with van der Waals surface area (Å²) in [5.41, 5.74) is 8.46. The molecule has 0 amide bonds. The summed E-state index contributed by atoms with van der Waals surface area (Å²) in [6.07, 6.45) is 11.5. The van der Waals surface area contributed by atoms with Gasteiger partial charge >= 0.3 is 0 Å². The zero-order valence-electron chi connectivity index (χ0n) is 15.7. The minimum Gasteiger partial charge on any atom is -0.366 e. The molecule has 1 aliphatic carbocycles. The van der Waals surface area contributed by atoms with Crippen molar-refractivity contribution in [2.75, 3.05) is 11.9 Å². The van der Waals surface area contributed by atoms with Crippen molar-refractivity contribution in [3.05, 3.63) is 66.5 Å². The van der Waals surface area contributed by atoms with Gasteiger partial charge in [0.15, 0.2) is 11.6 Å². The minimum absolute atomic E-state index is 0.0242. The van der Waals surface area contributed by atoms with Gasteiger partial charge in [0.25, 0.3) is 0 Å². The van der Waals surface area contributed by atoms with E-state index in [1.165, 1.54) is 5.57 Å². The van der Waals surface area contributed by atoms with Crippen LogP contribution in [0.1, 0.15) is 19.8 Å². The number of anilines is 1. The zero-order chi connectivity index (χ0) is 19.6. The van der Waals surface area contributed by atoms with Gasteiger partial charge in [0.05, 0.1) is 4.87 Å². The first-order valence-electron chi connectivity index (χ1n) is 9.36. The molecule has 5 nitrogen and oxygen atoms in total. The number of nitrogens with two attached hydrogens (primary N) is 1. The molecule has 3 N–H and O–H groups in total. The van der Waals surface area contributed by atoms with Crippen LogP contribution in [0.25, 0.3) is 22.1 Å². The largest absolute Gasteiger partial charge is 0.366 e. The number of hydrogen-bond donors (Lipinski definition) is 2. The lowest BCUT2D eigenvalue weighted by Gasteiger charge is -2.21. The van der Waals surface area contributed by atoms with E-state index in [0.29, 0.717) is 18.1 Å². The van der Waals surface area contributed by atoms with Gasteiger partial charge in [0.2, 0.25) is 0 Å². The van der Waals surface area contributed by atoms with Gasteiger partial charge in [-0.3, -0.25) is 4.98 Å². The molecule has 2 aromatic heterocycles. The lowest BCUT2D eigenvalue weighted by molar-refractivity contribution is 0.434. The molecule has 4 rings (SSSR count). The summed E-state index contributed by atoms with van der Waals surface area (Å²) in [4.78, 5) is 3.86. The highest BCUT2D eigenvalue weighted by Crippen LogP contribution is 2.29. The lowest BCUT2D eigenvalue weighted by atomic mass is 9.94. The standard InChI is InChI=1S/C22H23ClN4O/c1-22(23)7-4-15(5-8-22)10-19(24)14-26-21-12-20(28-27-21)17-2-3-18-13-25-9-6-16(18)11-17/h2-7,9,11-13,19H,8,10,14,24H2,1H3,(H,26,27)/t19-,22?/m0/s1. The quantitative estimate of drug-likeness (QED) is 0.581. The summed E-state index contributed by atoms with van der Waals surface area (Å²) in [5, 5.41) is 9.58. The highest BCUT2D eigenvalue weighted by atomic mass is 35.5. The molecule has 2 heterocycles. The molecule has 0 saturated heterocycles. The molecule has 0 saturated carbocycles. The van der Waals surface area contributed by atoms with Crippen molar-refractivity contribution in [3.8, 4) is 11.3 Å². The van der Waals surface area contributed by atoms with E-state index in [4.69, 9.17) is 21.9 Å². The van der Waals surface area contributed by atoms with Crippen molar-refractivity contribution in [2.45, 2.75) is 30.7 Å². The third kappa shape index (κ3) is 4.43. The number of alkyl halides is 1. The third-order valence-corrected chi connectivity index (χ3v) is 5.17. The van der Waals surface area contributed by atoms with Crippen LogP contribution in [0.2, 0.25) is 0 Å². The van der Waals surface area contributed by atoms with Crippen molar-refractivity contribution in [1.29, 1.82) is 0 Å². The van der Waals surface area contributed by atoms with E-state index in [2.05, 4.69) is 33.7 Å². The maximum Gasteiger partial charge on any atom is 0.170 e. The van der Waals surface area contributed by atoms with E-state index in [-0.39, 0.29) is 10.9 Å². The molecule has 28 heavy (non-hydrogen) atoms. The molecule has 0 aliphatic heterocycles. The highest BCUT2D eigenvalue weighted by Gasteiger charge is 2.19. The molecule has 6 heteroatoms. The van der Waals surface area contributed by atoms with Crippen LogP contribution >= 0.6 is 11.6 Å². The molecule has 0 spiro atoms. The summed E-state index contributed by atoms with van der Waals surface area (Å²) in [6.45, 7) is 2.62. The average Bonchev–Trinajstić information content (AvgIpc) is 3.17. The predicted molar refractivity (Wildman–Crippen MR) is 114 cm³/mol. The fourth-order valence-electron chi connectivity index (χ4n) is 3.24. The van der Waals surface area contributed by atoms with Gasteiger partial charge in [-0.1, -0.05) is 41.1 Å². The number of nitrogens with one attached hydrogen (secondary N) is 1. The first-order valence-corrected chi connectivity index (χ1v) is 9.74. The van der Waals surface area contributed by atoms with Crippen molar-refractivity contribution in [3.63, 3.8) is 0 Å². The van der Waals surface area contributed by atoms with Gasteiger partial charge in [0.1, 0.15) is 0 Å². The van der Waals surface area contributed by atoms with E-state index in [1.807, 2.05) is 43.5 Å². The fraction of sp³-hybridized carbons (Fsp3) is 0.273. The van der Waals surface area contributed by atoms with Crippen molar-refractivity contribution >= 4 is 28.2 Å². The van der Waals surface area contributed by atoms with Crippen LogP contribution in [0.5, 0.6) is 0 Å². The van der Waals surface area contributed by atoms with Gasteiger partial charge in [-0.2, -0.15) is 0 Å². The Hall–Kier alpha value is -2.63. The number of pyridine rings is 1. The van der Waals surface area contributed by atoms with Crippen LogP contribution in [0.15, 0.2) is 71.0 Å². The number of halogens is 1. The van der Waals surface area contributed by atoms with Crippen LogP contribution in [0.3, 0.4) is 0 Å². The molecular weight excluding hydrogens is 372 g/mol. The van der Waals surface area contributed by atoms with Gasteiger partial charge in [-0.15, -0.1) is 11.6 Å². The molecule has 1 unspecified atom stereocenters. The summed E-state index contributed by atoms with van der Waals surface area (Å²) in [5.74, 6) is 1.40. The van der Waals surface area contributed by atoms with E-state index >= 15 is 0 Å². The van der Waals surface area contributed by atoms with Crippen LogP contribution in [-0.2, 0) is 0 Å². The second kappa shape index (κ2) is 7.78. The normalized spacial score (nSPS) is 20.2. The number of fused-ring (bicyclic) bond motifs is 1. The predicted octanol–water partition coefficient (Wildman–Crippen LogP) is 4.90. The number of rotatable bonds is 6. The fourth-order valence-corrected chi connectivity index (χ4v) is 3.38. The Morgan fingerprint density at radius 1 is 1.29 bits per heavy atom. The number of benzene rings is 1. The monoisotopic (exact) mass is 394 g/mol. The Balaban J connectivity index is 1.35. The highest BCUT2D eigenvalue weighted by molar-refractivity contribution is 6.25. The molecule has 1 aromatic carbocycles. The van der Waals surface area contributed by atoms with Gasteiger partial charge in [-0.05, 0) is 37.3 Å². The van der Waals surface area contributed by atoms with E-state index in [9.17, 15) is 0 Å². The van der Waals surface area contributed by atoms with Gasteiger partial charge < -0.3 is 15.6 Å². The maximum atomic E-state index is 6.30. The molecule has 144 valence electrons. The second-order valence-electron chi connectivity index (χ2n) is 7.45. The van der Waals surface area contributed by atoms with Gasteiger partial charge in [0, 0.05) is 42.0 Å². The molecule has 3 aromatic rings. The number of nitrogens with zero attached hydrogens (tertiary/aromatic N) is 2. The first kappa shape index (κ1) is 18.7. The zero-order valence-corrected chi connectivity index (χ0v) is 16.5. The Morgan fingerprint density at radius 3 is 3.00 bits per heavy atom. The topological polar surface area (TPSA) is 77.0 Å². The van der Waals surface area contributed by atoms with Crippen LogP contribution in [0.4, 0.5) is 5.82 Å². The van der Waals surface area contributed by atoms with Crippen molar-refractivity contribution in [2.24, 2.45) is 5.73 Å². The number of hydrogen-bond acceptors (Lipinski definition) is 5. The molecule has 0 radical (unpaired) electrons. The van der Waals surface area contributed by atoms with Crippen molar-refractivity contribution in [1.82, 2.24) is 10.1 Å². The smallest absolute Gasteiger partial charge is 0.170 e. The summed E-state index contributed by atoms with van der Waals surface area (Å²) in [6, 6.07) is 9.96. The van der Waals surface area contributed by atoms with E-state index < -0.39 is 0 Å². The number of aromatic nitrogens is 2. The Labute approximate surface area is 169 Å². The first-order chi connectivity index (χ1) is 13.5. The van der Waals surface area contributed by atoms with Crippen LogP contribution in [0, 0.1) is 0 Å². The number of allylic oxidation sites excluding steroid dienone is 3. The summed E-state index contributed by atoms with van der Waals surface area (Å²) < 4.78 is 5.50. The molecule has 1 aliphatic rings. The summed E-state index contributed by atoms with van der Waals surface area (Å²) >= 11 is 6.30. The Morgan fingerprint density at radius 2 is 2.18 bits per heavy atom. The van der Waals surface area contributed by atoms with Crippen LogP contribution in [-0.4, -0.2) is 27.6 Å². The maximum absolute atomic E-state index is 6.30. The van der Waals surface area contributed by atoms with Crippen LogP contribution < -0.4 is 11.1 Å². The van der Waals surface area contributed by atoms with E-state index in [1.54, 1.807) is 6.20 Å². The van der Waals surface area contributed by atoms with Gasteiger partial charge in [-0.25, -0.2) is 0 Å². The summed E-state index contributed by atoms with van der Waals surface area (Å²) in [7, 11) is 0. The Kier molecular flexibility index (Phi) is 5.20. The molecule has 0 fully saturated rings. The molecular formula is C22H23ClN4O. The van der Waals surface area contributed by atoms with Crippen molar-refractivity contribution < 1.29 is 4.52 Å². The SMILES string of the molecule is CC1(Cl)C=CC(C[C@H](N)CNc2cc(-c3ccc4cnccc4c3)on2)=CC1. The molecule has 0 bridgehead atoms. The third-order valence-electron chi connectivity index (χ3n) is 4.89.